The third-order valence-corrected chi connectivity index (χ3v) is 5.73. The van der Waals surface area contributed by atoms with Gasteiger partial charge in [-0.1, -0.05) is 19.1 Å². The Kier molecular flexibility index (Phi) is 5.37. The third kappa shape index (κ3) is 3.83. The second-order valence-electron chi connectivity index (χ2n) is 5.51. The van der Waals surface area contributed by atoms with E-state index in [0.29, 0.717) is 24.3 Å². The maximum atomic E-state index is 12.7. The molecule has 2 unspecified atom stereocenters. The highest BCUT2D eigenvalue weighted by Gasteiger charge is 2.29. The summed E-state index contributed by atoms with van der Waals surface area (Å²) in [6.45, 7) is 5.53. The first-order chi connectivity index (χ1) is 9.95. The fourth-order valence-corrected chi connectivity index (χ4v) is 4.23. The summed E-state index contributed by atoms with van der Waals surface area (Å²) in [5.41, 5.74) is 0.954. The Morgan fingerprint density at radius 1 is 1.48 bits per heavy atom. The van der Waals surface area contributed by atoms with Crippen LogP contribution in [0.3, 0.4) is 0 Å². The standard InChI is InChI=1S/C15H24N2O3S/c1-3-16-12(2)13-6-4-8-15(10-13)21(19,20)17-9-5-7-14(18)11-17/h4,6,8,10,12,14,16,18H,3,5,7,9,11H2,1-2H3. The van der Waals surface area contributed by atoms with Crippen molar-refractivity contribution in [2.75, 3.05) is 19.6 Å². The van der Waals surface area contributed by atoms with E-state index in [1.54, 1.807) is 18.2 Å². The molecule has 2 atom stereocenters. The lowest BCUT2D eigenvalue weighted by atomic mass is 10.1. The topological polar surface area (TPSA) is 69.6 Å². The highest BCUT2D eigenvalue weighted by molar-refractivity contribution is 7.89. The molecule has 0 radical (unpaired) electrons. The summed E-state index contributed by atoms with van der Waals surface area (Å²) in [5, 5.41) is 13.0. The van der Waals surface area contributed by atoms with E-state index < -0.39 is 16.1 Å². The number of nitrogens with zero attached hydrogens (tertiary/aromatic N) is 1. The SMILES string of the molecule is CCNC(C)c1cccc(S(=O)(=O)N2CCCC(O)C2)c1. The number of hydrogen-bond acceptors (Lipinski definition) is 4. The maximum Gasteiger partial charge on any atom is 0.243 e. The van der Waals surface area contributed by atoms with Gasteiger partial charge in [0.15, 0.2) is 0 Å². The van der Waals surface area contributed by atoms with Crippen molar-refractivity contribution in [3.8, 4) is 0 Å². The Hall–Kier alpha value is -0.950. The third-order valence-electron chi connectivity index (χ3n) is 3.87. The molecule has 0 saturated carbocycles. The van der Waals surface area contributed by atoms with Crippen LogP contribution < -0.4 is 5.32 Å². The van der Waals surface area contributed by atoms with E-state index >= 15 is 0 Å². The zero-order valence-corrected chi connectivity index (χ0v) is 13.4. The Morgan fingerprint density at radius 2 is 2.24 bits per heavy atom. The van der Waals surface area contributed by atoms with Gasteiger partial charge < -0.3 is 10.4 Å². The first kappa shape index (κ1) is 16.4. The molecule has 1 fully saturated rings. The summed E-state index contributed by atoms with van der Waals surface area (Å²) in [6.07, 6.45) is 0.814. The highest BCUT2D eigenvalue weighted by Crippen LogP contribution is 2.23. The zero-order chi connectivity index (χ0) is 15.5. The van der Waals surface area contributed by atoms with E-state index in [4.69, 9.17) is 0 Å². The average Bonchev–Trinajstić information content (AvgIpc) is 2.47. The first-order valence-electron chi connectivity index (χ1n) is 7.46. The largest absolute Gasteiger partial charge is 0.392 e. The molecule has 1 aromatic carbocycles. The quantitative estimate of drug-likeness (QED) is 0.864. The number of rotatable bonds is 5. The van der Waals surface area contributed by atoms with Crippen molar-refractivity contribution in [1.29, 1.82) is 0 Å². The lowest BCUT2D eigenvalue weighted by molar-refractivity contribution is 0.108. The number of nitrogens with one attached hydrogen (secondary N) is 1. The molecule has 1 aliphatic rings. The molecule has 0 spiro atoms. The van der Waals surface area contributed by atoms with E-state index in [9.17, 15) is 13.5 Å². The lowest BCUT2D eigenvalue weighted by Crippen LogP contribution is -2.42. The number of aliphatic hydroxyl groups excluding tert-OH is 1. The molecule has 1 saturated heterocycles. The minimum Gasteiger partial charge on any atom is -0.392 e. The molecule has 5 nitrogen and oxygen atoms in total. The van der Waals surface area contributed by atoms with Gasteiger partial charge in [-0.2, -0.15) is 4.31 Å². The van der Waals surface area contributed by atoms with Crippen LogP contribution in [0.15, 0.2) is 29.2 Å². The average molecular weight is 312 g/mol. The van der Waals surface area contributed by atoms with Crippen LogP contribution in [0.5, 0.6) is 0 Å². The van der Waals surface area contributed by atoms with Crippen LogP contribution in [-0.2, 0) is 10.0 Å². The van der Waals surface area contributed by atoms with Crippen molar-refractivity contribution in [3.63, 3.8) is 0 Å². The van der Waals surface area contributed by atoms with Crippen LogP contribution in [0.2, 0.25) is 0 Å². The van der Waals surface area contributed by atoms with E-state index in [-0.39, 0.29) is 12.6 Å². The summed E-state index contributed by atoms with van der Waals surface area (Å²) in [6, 6.07) is 7.16. The van der Waals surface area contributed by atoms with Crippen molar-refractivity contribution in [2.45, 2.75) is 43.7 Å². The van der Waals surface area contributed by atoms with E-state index in [0.717, 1.165) is 12.1 Å². The Labute approximate surface area is 127 Å². The predicted octanol–water partition coefficient (Wildman–Crippen LogP) is 1.50. The van der Waals surface area contributed by atoms with Crippen LogP contribution >= 0.6 is 0 Å². The second kappa shape index (κ2) is 6.87. The van der Waals surface area contributed by atoms with Gasteiger partial charge in [0.2, 0.25) is 10.0 Å². The molecule has 0 aromatic heterocycles. The predicted molar refractivity (Wildman–Crippen MR) is 82.5 cm³/mol. The van der Waals surface area contributed by atoms with Crippen LogP contribution in [0, 0.1) is 0 Å². The maximum absolute atomic E-state index is 12.7. The molecule has 2 rings (SSSR count). The number of piperidine rings is 1. The molecule has 1 heterocycles. The Bertz CT molecular complexity index is 574. The van der Waals surface area contributed by atoms with Gasteiger partial charge in [0.1, 0.15) is 0 Å². The van der Waals surface area contributed by atoms with Gasteiger partial charge in [0.25, 0.3) is 0 Å². The number of sulfonamides is 1. The second-order valence-corrected chi connectivity index (χ2v) is 7.45. The summed E-state index contributed by atoms with van der Waals surface area (Å²) in [4.78, 5) is 0.304. The Balaban J connectivity index is 2.25. The zero-order valence-electron chi connectivity index (χ0n) is 12.6. The minimum absolute atomic E-state index is 0.108. The molecule has 6 heteroatoms. The van der Waals surface area contributed by atoms with Crippen LogP contribution in [0.25, 0.3) is 0 Å². The van der Waals surface area contributed by atoms with Crippen molar-refractivity contribution in [1.82, 2.24) is 9.62 Å². The van der Waals surface area contributed by atoms with Crippen LogP contribution in [0.4, 0.5) is 0 Å². The van der Waals surface area contributed by atoms with Gasteiger partial charge in [-0.3, -0.25) is 0 Å². The molecule has 21 heavy (non-hydrogen) atoms. The van der Waals surface area contributed by atoms with Gasteiger partial charge in [-0.25, -0.2) is 8.42 Å². The van der Waals surface area contributed by atoms with Gasteiger partial charge in [0, 0.05) is 19.1 Å². The fourth-order valence-electron chi connectivity index (χ4n) is 2.66. The molecule has 118 valence electrons. The Morgan fingerprint density at radius 3 is 2.90 bits per heavy atom. The van der Waals surface area contributed by atoms with Gasteiger partial charge >= 0.3 is 0 Å². The first-order valence-corrected chi connectivity index (χ1v) is 8.90. The number of hydrogen-bond donors (Lipinski definition) is 2. The van der Waals surface area contributed by atoms with E-state index in [2.05, 4.69) is 5.32 Å². The molecule has 2 N–H and O–H groups in total. The van der Waals surface area contributed by atoms with E-state index in [1.807, 2.05) is 19.9 Å². The normalized spacial score (nSPS) is 22.1. The molecule has 0 amide bonds. The van der Waals surface area contributed by atoms with Gasteiger partial charge in [-0.15, -0.1) is 0 Å². The molecular weight excluding hydrogens is 288 g/mol. The lowest BCUT2D eigenvalue weighted by Gasteiger charge is -2.29. The number of benzene rings is 1. The summed E-state index contributed by atoms with van der Waals surface area (Å²) in [7, 11) is -3.52. The van der Waals surface area contributed by atoms with Crippen molar-refractivity contribution in [2.24, 2.45) is 0 Å². The van der Waals surface area contributed by atoms with Crippen molar-refractivity contribution >= 4 is 10.0 Å². The number of β-amino-alcohol motifs (C(OH)–C–C–N with tert-alkyl or cyclic N) is 1. The molecule has 1 aromatic rings. The monoisotopic (exact) mass is 312 g/mol. The smallest absolute Gasteiger partial charge is 0.243 e. The minimum atomic E-state index is -3.52. The van der Waals surface area contributed by atoms with Gasteiger partial charge in [0.05, 0.1) is 11.0 Å². The van der Waals surface area contributed by atoms with Crippen molar-refractivity contribution < 1.29 is 13.5 Å². The van der Waals surface area contributed by atoms with Crippen LogP contribution in [0.1, 0.15) is 38.3 Å². The molecular formula is C15H24N2O3S. The van der Waals surface area contributed by atoms with Gasteiger partial charge in [-0.05, 0) is 44.0 Å². The summed E-state index contributed by atoms with van der Waals surface area (Å²) >= 11 is 0. The highest BCUT2D eigenvalue weighted by atomic mass is 32.2. The summed E-state index contributed by atoms with van der Waals surface area (Å²) in [5.74, 6) is 0. The van der Waals surface area contributed by atoms with Crippen molar-refractivity contribution in [3.05, 3.63) is 29.8 Å². The van der Waals surface area contributed by atoms with E-state index in [1.165, 1.54) is 4.31 Å². The summed E-state index contributed by atoms with van der Waals surface area (Å²) < 4.78 is 26.7. The number of aliphatic hydroxyl groups is 1. The molecule has 0 bridgehead atoms. The molecule has 1 aliphatic heterocycles. The van der Waals surface area contributed by atoms with Crippen LogP contribution in [-0.4, -0.2) is 43.6 Å². The molecule has 0 aliphatic carbocycles. The fraction of sp³-hybridized carbons (Fsp3) is 0.600.